The zero-order valence-corrected chi connectivity index (χ0v) is 16.7. The molecular formula is C26H25NO. The van der Waals surface area contributed by atoms with Gasteiger partial charge < -0.3 is 4.42 Å². The molecule has 0 N–H and O–H groups in total. The van der Waals surface area contributed by atoms with Gasteiger partial charge in [0.05, 0.1) is 0 Å². The minimum Gasteiger partial charge on any atom is -0.440 e. The molecule has 2 nitrogen and oxygen atoms in total. The Morgan fingerprint density at radius 1 is 0.750 bits per heavy atom. The second-order valence-corrected chi connectivity index (χ2v) is 7.42. The van der Waals surface area contributed by atoms with E-state index in [-0.39, 0.29) is 0 Å². The lowest BCUT2D eigenvalue weighted by Gasteiger charge is -2.10. The van der Waals surface area contributed by atoms with Crippen LogP contribution in [0.1, 0.15) is 28.0 Å². The summed E-state index contributed by atoms with van der Waals surface area (Å²) in [5, 5.41) is 0. The zero-order chi connectivity index (χ0) is 19.5. The van der Waals surface area contributed by atoms with Gasteiger partial charge in [-0.2, -0.15) is 0 Å². The lowest BCUT2D eigenvalue weighted by atomic mass is 9.95. The van der Waals surface area contributed by atoms with Crippen molar-refractivity contribution >= 4 is 0 Å². The highest BCUT2D eigenvalue weighted by Gasteiger charge is 2.19. The maximum absolute atomic E-state index is 6.31. The Hall–Kier alpha value is -3.13. The summed E-state index contributed by atoms with van der Waals surface area (Å²) in [6, 6.07) is 25.1. The van der Waals surface area contributed by atoms with Crippen molar-refractivity contribution in [3.63, 3.8) is 0 Å². The summed E-state index contributed by atoms with van der Waals surface area (Å²) in [5.41, 5.74) is 8.25. The molecule has 3 aromatic carbocycles. The van der Waals surface area contributed by atoms with Crippen LogP contribution in [0.2, 0.25) is 0 Å². The topological polar surface area (TPSA) is 26.0 Å². The molecule has 1 heterocycles. The molecule has 0 radical (unpaired) electrons. The van der Waals surface area contributed by atoms with E-state index >= 15 is 0 Å². The van der Waals surface area contributed by atoms with Gasteiger partial charge in [-0.05, 0) is 56.0 Å². The maximum atomic E-state index is 6.31. The Labute approximate surface area is 166 Å². The number of nitrogens with zero attached hydrogens (tertiary/aromatic N) is 1. The molecule has 4 rings (SSSR count). The first-order valence-corrected chi connectivity index (χ1v) is 9.79. The number of hydrogen-bond donors (Lipinski definition) is 0. The summed E-state index contributed by atoms with van der Waals surface area (Å²) in [7, 11) is 0. The van der Waals surface area contributed by atoms with E-state index in [1.807, 2.05) is 30.3 Å². The molecule has 1 aromatic heterocycles. The van der Waals surface area contributed by atoms with E-state index < -0.39 is 0 Å². The second kappa shape index (κ2) is 7.85. The van der Waals surface area contributed by atoms with E-state index in [1.165, 1.54) is 27.8 Å². The number of rotatable bonds is 5. The molecule has 0 saturated carbocycles. The monoisotopic (exact) mass is 367 g/mol. The highest BCUT2D eigenvalue weighted by atomic mass is 16.4. The van der Waals surface area contributed by atoms with Crippen LogP contribution in [0.3, 0.4) is 0 Å². The van der Waals surface area contributed by atoms with Crippen molar-refractivity contribution in [2.24, 2.45) is 0 Å². The largest absolute Gasteiger partial charge is 0.440 e. The SMILES string of the molecule is Cc1cc(C)c(-c2nc(-c3ccccc3)oc2CCc2ccccc2)c(C)c1. The highest BCUT2D eigenvalue weighted by molar-refractivity contribution is 5.72. The molecule has 0 spiro atoms. The van der Waals surface area contributed by atoms with E-state index in [9.17, 15) is 0 Å². The fourth-order valence-corrected chi connectivity index (χ4v) is 3.88. The summed E-state index contributed by atoms with van der Waals surface area (Å²) >= 11 is 0. The van der Waals surface area contributed by atoms with Gasteiger partial charge in [0, 0.05) is 17.5 Å². The summed E-state index contributed by atoms with van der Waals surface area (Å²) < 4.78 is 6.31. The lowest BCUT2D eigenvalue weighted by molar-refractivity contribution is 0.518. The smallest absolute Gasteiger partial charge is 0.226 e. The van der Waals surface area contributed by atoms with Crippen LogP contribution in [-0.2, 0) is 12.8 Å². The predicted octanol–water partition coefficient (Wildman–Crippen LogP) is 6.72. The van der Waals surface area contributed by atoms with Crippen molar-refractivity contribution < 1.29 is 4.42 Å². The molecule has 0 aliphatic rings. The minimum atomic E-state index is 0.693. The van der Waals surface area contributed by atoms with Gasteiger partial charge in [-0.1, -0.05) is 66.2 Å². The Bertz CT molecular complexity index is 1060. The molecule has 0 amide bonds. The third kappa shape index (κ3) is 3.77. The quantitative estimate of drug-likeness (QED) is 0.391. The Balaban J connectivity index is 1.78. The first-order chi connectivity index (χ1) is 13.6. The van der Waals surface area contributed by atoms with Crippen LogP contribution in [0.5, 0.6) is 0 Å². The molecule has 28 heavy (non-hydrogen) atoms. The minimum absolute atomic E-state index is 0.693. The number of aryl methyl sites for hydroxylation is 5. The fourth-order valence-electron chi connectivity index (χ4n) is 3.88. The van der Waals surface area contributed by atoms with Crippen LogP contribution in [0.4, 0.5) is 0 Å². The van der Waals surface area contributed by atoms with Crippen molar-refractivity contribution in [3.8, 4) is 22.7 Å². The first-order valence-electron chi connectivity index (χ1n) is 9.79. The van der Waals surface area contributed by atoms with Crippen molar-refractivity contribution in [1.82, 2.24) is 4.98 Å². The Morgan fingerprint density at radius 2 is 1.36 bits per heavy atom. The third-order valence-corrected chi connectivity index (χ3v) is 5.12. The summed E-state index contributed by atoms with van der Waals surface area (Å²) in [4.78, 5) is 4.95. The van der Waals surface area contributed by atoms with Gasteiger partial charge in [0.1, 0.15) is 11.5 Å². The van der Waals surface area contributed by atoms with E-state index in [1.54, 1.807) is 0 Å². The molecule has 0 fully saturated rings. The van der Waals surface area contributed by atoms with E-state index in [0.29, 0.717) is 5.89 Å². The van der Waals surface area contributed by atoms with E-state index in [0.717, 1.165) is 29.9 Å². The molecule has 140 valence electrons. The number of oxazole rings is 1. The van der Waals surface area contributed by atoms with E-state index in [4.69, 9.17) is 9.40 Å². The lowest BCUT2D eigenvalue weighted by Crippen LogP contribution is -1.96. The second-order valence-electron chi connectivity index (χ2n) is 7.42. The molecule has 2 heteroatoms. The van der Waals surface area contributed by atoms with Crippen LogP contribution < -0.4 is 0 Å². The molecule has 4 aromatic rings. The van der Waals surface area contributed by atoms with Crippen molar-refractivity contribution in [2.75, 3.05) is 0 Å². The van der Waals surface area contributed by atoms with Crippen LogP contribution in [0.15, 0.2) is 77.2 Å². The van der Waals surface area contributed by atoms with Gasteiger partial charge in [-0.25, -0.2) is 4.98 Å². The average Bonchev–Trinajstić information content (AvgIpc) is 3.11. The summed E-state index contributed by atoms with van der Waals surface area (Å²) in [5.74, 6) is 1.65. The molecule has 0 atom stereocenters. The van der Waals surface area contributed by atoms with Gasteiger partial charge in [0.15, 0.2) is 0 Å². The van der Waals surface area contributed by atoms with Gasteiger partial charge in [-0.3, -0.25) is 0 Å². The fraction of sp³-hybridized carbons (Fsp3) is 0.192. The number of hydrogen-bond acceptors (Lipinski definition) is 2. The van der Waals surface area contributed by atoms with Crippen LogP contribution in [0, 0.1) is 20.8 Å². The molecule has 0 unspecified atom stereocenters. The van der Waals surface area contributed by atoms with Gasteiger partial charge in [-0.15, -0.1) is 0 Å². The van der Waals surface area contributed by atoms with E-state index in [2.05, 4.69) is 63.2 Å². The predicted molar refractivity (Wildman–Crippen MR) is 115 cm³/mol. The number of aromatic nitrogens is 1. The zero-order valence-electron chi connectivity index (χ0n) is 16.7. The first kappa shape index (κ1) is 18.2. The standard InChI is InChI=1S/C26H25NO/c1-18-16-19(2)24(20(3)17-18)25-23(15-14-21-10-6-4-7-11-21)28-26(27-25)22-12-8-5-9-13-22/h4-13,16-17H,14-15H2,1-3H3. The third-order valence-electron chi connectivity index (χ3n) is 5.12. The van der Waals surface area contributed by atoms with Crippen molar-refractivity contribution in [1.29, 1.82) is 0 Å². The Morgan fingerprint density at radius 3 is 2.00 bits per heavy atom. The number of benzene rings is 3. The molecular weight excluding hydrogens is 342 g/mol. The van der Waals surface area contributed by atoms with Crippen molar-refractivity contribution in [2.45, 2.75) is 33.6 Å². The summed E-state index contributed by atoms with van der Waals surface area (Å²) in [6.07, 6.45) is 1.76. The Kier molecular flexibility index (Phi) is 5.12. The van der Waals surface area contributed by atoms with Gasteiger partial charge in [0.25, 0.3) is 0 Å². The molecule has 0 aliphatic carbocycles. The highest BCUT2D eigenvalue weighted by Crippen LogP contribution is 2.34. The van der Waals surface area contributed by atoms with Crippen molar-refractivity contribution in [3.05, 3.63) is 101 Å². The molecule has 0 saturated heterocycles. The van der Waals surface area contributed by atoms with Crippen LogP contribution in [-0.4, -0.2) is 4.98 Å². The molecule has 0 bridgehead atoms. The van der Waals surface area contributed by atoms with Crippen LogP contribution in [0.25, 0.3) is 22.7 Å². The summed E-state index contributed by atoms with van der Waals surface area (Å²) in [6.45, 7) is 6.46. The van der Waals surface area contributed by atoms with Gasteiger partial charge >= 0.3 is 0 Å². The average molecular weight is 367 g/mol. The van der Waals surface area contributed by atoms with Crippen LogP contribution >= 0.6 is 0 Å². The van der Waals surface area contributed by atoms with Gasteiger partial charge in [0.2, 0.25) is 5.89 Å². The normalized spacial score (nSPS) is 11.0. The molecule has 0 aliphatic heterocycles. The maximum Gasteiger partial charge on any atom is 0.226 e.